The van der Waals surface area contributed by atoms with Gasteiger partial charge in [0.15, 0.2) is 0 Å². The molecule has 2 aromatic carbocycles. The molecular weight excluding hydrogens is 388 g/mol. The van der Waals surface area contributed by atoms with Gasteiger partial charge in [-0.25, -0.2) is 13.1 Å². The Labute approximate surface area is 169 Å². The Hall–Kier alpha value is -2.90. The Balaban J connectivity index is 1.51. The molecule has 29 heavy (non-hydrogen) atoms. The summed E-state index contributed by atoms with van der Waals surface area (Å²) in [6, 6.07) is 14.0. The van der Waals surface area contributed by atoms with Gasteiger partial charge in [0.2, 0.25) is 15.9 Å². The fourth-order valence-electron chi connectivity index (χ4n) is 3.13. The van der Waals surface area contributed by atoms with Crippen LogP contribution in [0.5, 0.6) is 0 Å². The van der Waals surface area contributed by atoms with Crippen molar-refractivity contribution in [2.24, 2.45) is 0 Å². The third-order valence-corrected chi connectivity index (χ3v) is 6.26. The average Bonchev–Trinajstić information content (AvgIpc) is 3.43. The predicted octanol–water partition coefficient (Wildman–Crippen LogP) is 4.09. The van der Waals surface area contributed by atoms with E-state index < -0.39 is 10.0 Å². The lowest BCUT2D eigenvalue weighted by Gasteiger charge is -2.08. The van der Waals surface area contributed by atoms with Crippen LogP contribution < -0.4 is 10.0 Å². The fourth-order valence-corrected chi connectivity index (χ4v) is 4.48. The van der Waals surface area contributed by atoms with Crippen molar-refractivity contribution in [2.45, 2.75) is 37.1 Å². The second kappa shape index (κ2) is 7.85. The molecule has 1 aromatic heterocycles. The molecule has 1 saturated carbocycles. The lowest BCUT2D eigenvalue weighted by molar-refractivity contribution is -0.111. The molecule has 0 spiro atoms. The van der Waals surface area contributed by atoms with E-state index in [1.165, 1.54) is 18.2 Å². The van der Waals surface area contributed by atoms with Gasteiger partial charge in [-0.15, -0.1) is 0 Å². The molecule has 1 fully saturated rings. The van der Waals surface area contributed by atoms with Gasteiger partial charge in [0.05, 0.1) is 4.90 Å². The molecule has 0 radical (unpaired) electrons. The highest BCUT2D eigenvalue weighted by Gasteiger charge is 2.28. The number of hydrogen-bond acceptors (Lipinski definition) is 4. The summed E-state index contributed by atoms with van der Waals surface area (Å²) >= 11 is 0. The maximum atomic E-state index is 12.4. The van der Waals surface area contributed by atoms with Crippen LogP contribution in [0.1, 0.15) is 31.1 Å². The van der Waals surface area contributed by atoms with E-state index in [-0.39, 0.29) is 16.8 Å². The van der Waals surface area contributed by atoms with E-state index in [4.69, 9.17) is 4.42 Å². The number of para-hydroxylation sites is 1. The molecule has 0 aliphatic heterocycles. The van der Waals surface area contributed by atoms with Crippen LogP contribution >= 0.6 is 0 Å². The van der Waals surface area contributed by atoms with E-state index in [2.05, 4.69) is 10.0 Å². The smallest absolute Gasteiger partial charge is 0.248 e. The number of amides is 1. The first kappa shape index (κ1) is 19.4. The fraction of sp³-hybridized carbons (Fsp3) is 0.227. The number of aryl methyl sites for hydroxylation is 1. The van der Waals surface area contributed by atoms with Crippen molar-refractivity contribution in [3.63, 3.8) is 0 Å². The van der Waals surface area contributed by atoms with Crippen LogP contribution in [0.4, 0.5) is 5.69 Å². The van der Waals surface area contributed by atoms with Gasteiger partial charge in [0, 0.05) is 35.2 Å². The maximum Gasteiger partial charge on any atom is 0.248 e. The summed E-state index contributed by atoms with van der Waals surface area (Å²) in [5.74, 6) is 0.469. The van der Waals surface area contributed by atoms with Crippen molar-refractivity contribution >= 4 is 38.7 Å². The van der Waals surface area contributed by atoms with Crippen LogP contribution in [0.3, 0.4) is 0 Å². The number of fused-ring (bicyclic) bond motifs is 1. The van der Waals surface area contributed by atoms with Crippen LogP contribution in [-0.2, 0) is 21.2 Å². The van der Waals surface area contributed by atoms with Gasteiger partial charge < -0.3 is 9.73 Å². The zero-order chi connectivity index (χ0) is 20.4. The zero-order valence-electron chi connectivity index (χ0n) is 16.0. The summed E-state index contributed by atoms with van der Waals surface area (Å²) in [5, 5.41) is 3.67. The molecule has 0 unspecified atom stereocenters. The van der Waals surface area contributed by atoms with Gasteiger partial charge in [-0.1, -0.05) is 31.2 Å². The van der Waals surface area contributed by atoms with E-state index in [1.807, 2.05) is 31.2 Å². The van der Waals surface area contributed by atoms with Crippen molar-refractivity contribution in [2.75, 3.05) is 5.32 Å². The molecule has 0 atom stereocenters. The Bertz CT molecular complexity index is 1190. The average molecular weight is 410 g/mol. The van der Waals surface area contributed by atoms with Crippen LogP contribution in [0.2, 0.25) is 0 Å². The van der Waals surface area contributed by atoms with Crippen molar-refractivity contribution < 1.29 is 17.6 Å². The van der Waals surface area contributed by atoms with Crippen molar-refractivity contribution in [3.05, 3.63) is 65.9 Å². The van der Waals surface area contributed by atoms with Gasteiger partial charge in [-0.05, 0) is 43.2 Å². The minimum Gasteiger partial charge on any atom is -0.460 e. The number of rotatable bonds is 7. The van der Waals surface area contributed by atoms with Gasteiger partial charge in [0.1, 0.15) is 11.3 Å². The predicted molar refractivity (Wildman–Crippen MR) is 113 cm³/mol. The van der Waals surface area contributed by atoms with Gasteiger partial charge >= 0.3 is 0 Å². The van der Waals surface area contributed by atoms with Crippen molar-refractivity contribution in [3.8, 4) is 0 Å². The quantitative estimate of drug-likeness (QED) is 0.574. The molecule has 2 N–H and O–H groups in total. The lowest BCUT2D eigenvalue weighted by Crippen LogP contribution is -2.25. The number of carbonyl (C=O) groups is 1. The van der Waals surface area contributed by atoms with Gasteiger partial charge in [-0.2, -0.15) is 0 Å². The number of furan rings is 1. The van der Waals surface area contributed by atoms with Gasteiger partial charge in [0.25, 0.3) is 0 Å². The second-order valence-corrected chi connectivity index (χ2v) is 8.75. The number of anilines is 1. The summed E-state index contributed by atoms with van der Waals surface area (Å²) in [6.07, 6.45) is 5.60. The summed E-state index contributed by atoms with van der Waals surface area (Å²) in [6.45, 7) is 2.00. The van der Waals surface area contributed by atoms with Crippen LogP contribution in [0.25, 0.3) is 17.0 Å². The van der Waals surface area contributed by atoms with Crippen LogP contribution in [0.15, 0.2) is 63.9 Å². The number of nitrogens with one attached hydrogen (secondary N) is 2. The molecule has 1 heterocycles. The Morgan fingerprint density at radius 2 is 1.97 bits per heavy atom. The van der Waals surface area contributed by atoms with E-state index in [0.29, 0.717) is 12.1 Å². The molecule has 0 saturated heterocycles. The monoisotopic (exact) mass is 410 g/mol. The largest absolute Gasteiger partial charge is 0.460 e. The minimum atomic E-state index is -3.57. The molecule has 3 aromatic rings. The second-order valence-electron chi connectivity index (χ2n) is 7.03. The summed E-state index contributed by atoms with van der Waals surface area (Å²) in [5.41, 5.74) is 2.08. The number of carbonyl (C=O) groups excluding carboxylic acids is 1. The van der Waals surface area contributed by atoms with Crippen LogP contribution in [0, 0.1) is 0 Å². The molecule has 0 bridgehead atoms. The first-order chi connectivity index (χ1) is 14.0. The van der Waals surface area contributed by atoms with E-state index in [1.54, 1.807) is 18.2 Å². The highest BCUT2D eigenvalue weighted by Crippen LogP contribution is 2.27. The van der Waals surface area contributed by atoms with Crippen molar-refractivity contribution in [1.82, 2.24) is 4.72 Å². The van der Waals surface area contributed by atoms with Gasteiger partial charge in [-0.3, -0.25) is 4.79 Å². The highest BCUT2D eigenvalue weighted by molar-refractivity contribution is 7.89. The molecule has 7 heteroatoms. The molecular formula is C22H22N2O4S. The Kier molecular flexibility index (Phi) is 5.25. The maximum absolute atomic E-state index is 12.4. The molecule has 4 rings (SSSR count). The third kappa shape index (κ3) is 4.41. The molecule has 1 aliphatic carbocycles. The normalized spacial score (nSPS) is 14.5. The minimum absolute atomic E-state index is 0.0266. The van der Waals surface area contributed by atoms with E-state index in [0.717, 1.165) is 35.1 Å². The Morgan fingerprint density at radius 1 is 1.17 bits per heavy atom. The highest BCUT2D eigenvalue weighted by atomic mass is 32.2. The molecule has 6 nitrogen and oxygen atoms in total. The topological polar surface area (TPSA) is 88.4 Å². The summed E-state index contributed by atoms with van der Waals surface area (Å²) in [7, 11) is -3.57. The van der Waals surface area contributed by atoms with Crippen molar-refractivity contribution in [1.29, 1.82) is 0 Å². The molecule has 1 aliphatic rings. The third-order valence-electron chi connectivity index (χ3n) is 4.74. The zero-order valence-corrected chi connectivity index (χ0v) is 16.8. The first-order valence-corrected chi connectivity index (χ1v) is 11.1. The molecule has 150 valence electrons. The summed E-state index contributed by atoms with van der Waals surface area (Å²) < 4.78 is 33.2. The summed E-state index contributed by atoms with van der Waals surface area (Å²) in [4.78, 5) is 12.5. The first-order valence-electron chi connectivity index (χ1n) is 9.58. The number of sulfonamides is 1. The standard InChI is InChI=1S/C22H22N2O4S/c1-2-20-19(18-8-3-4-9-21(18)28-20)12-13-22(25)23-16-6-5-7-17(14-16)29(26,27)24-15-10-11-15/h3-9,12-15,24H,2,10-11H2,1H3,(H,23,25)/b13-12+. The Morgan fingerprint density at radius 3 is 2.72 bits per heavy atom. The van der Waals surface area contributed by atoms with E-state index >= 15 is 0 Å². The van der Waals surface area contributed by atoms with Crippen LogP contribution in [-0.4, -0.2) is 20.4 Å². The van der Waals surface area contributed by atoms with E-state index in [9.17, 15) is 13.2 Å². The molecule has 1 amide bonds. The number of benzene rings is 2. The SMILES string of the molecule is CCc1oc2ccccc2c1/C=C/C(=O)Nc1cccc(S(=O)(=O)NC2CC2)c1. The lowest BCUT2D eigenvalue weighted by atomic mass is 10.1. The number of hydrogen-bond donors (Lipinski definition) is 2.